The fourth-order valence-electron chi connectivity index (χ4n) is 5.79. The Morgan fingerprint density at radius 2 is 1.89 bits per heavy atom. The molecule has 1 aromatic carbocycles. The zero-order valence-corrected chi connectivity index (χ0v) is 27.1. The summed E-state index contributed by atoms with van der Waals surface area (Å²) in [5, 5.41) is 20.7. The second kappa shape index (κ2) is 13.3. The van der Waals surface area contributed by atoms with Gasteiger partial charge >= 0.3 is 23.9 Å². The summed E-state index contributed by atoms with van der Waals surface area (Å²) in [5.41, 5.74) is 6.93. The smallest absolute Gasteiger partial charge is 0.412 e. The number of esters is 1. The van der Waals surface area contributed by atoms with E-state index in [1.807, 2.05) is 5.43 Å². The number of carbonyl (C=O) groups excluding carboxylic acids is 6. The van der Waals surface area contributed by atoms with Crippen molar-refractivity contribution >= 4 is 53.5 Å². The predicted molar refractivity (Wildman–Crippen MR) is 163 cm³/mol. The number of nitrogens with zero attached hydrogens (tertiary/aromatic N) is 3. The summed E-state index contributed by atoms with van der Waals surface area (Å²) in [5.74, 6) is -5.19. The van der Waals surface area contributed by atoms with Gasteiger partial charge in [-0.25, -0.2) is 15.0 Å². The number of aliphatic hydroxyl groups is 1. The lowest BCUT2D eigenvalue weighted by atomic mass is 9.79. The van der Waals surface area contributed by atoms with Crippen molar-refractivity contribution in [1.82, 2.24) is 20.7 Å². The Balaban J connectivity index is 1.65. The average Bonchev–Trinajstić information content (AvgIpc) is 3.47. The molecule has 3 aliphatic heterocycles. The van der Waals surface area contributed by atoms with E-state index >= 15 is 0 Å². The number of aliphatic hydroxyl groups excluding tert-OH is 1. The molecule has 0 radical (unpaired) electrons. The minimum Gasteiger partial charge on any atom is -0.456 e. The molecule has 0 aliphatic carbocycles. The fourth-order valence-corrected chi connectivity index (χ4v) is 7.36. The van der Waals surface area contributed by atoms with Gasteiger partial charge in [0.2, 0.25) is 5.91 Å². The highest BCUT2D eigenvalue weighted by Crippen LogP contribution is 2.53. The van der Waals surface area contributed by atoms with Crippen molar-refractivity contribution in [2.24, 2.45) is 17.6 Å². The molecule has 5 N–H and O–H groups in total. The molecule has 254 valence electrons. The molecule has 4 rings (SSSR count). The molecule has 4 amide bonds. The number of rotatable bonds is 10. The monoisotopic (exact) mass is 676 g/mol. The van der Waals surface area contributed by atoms with E-state index in [0.717, 1.165) is 16.7 Å². The topological polar surface area (TPSA) is 241 Å². The van der Waals surface area contributed by atoms with Gasteiger partial charge in [-0.2, -0.15) is 0 Å². The summed E-state index contributed by atoms with van der Waals surface area (Å²) in [4.78, 5) is 89.0. The van der Waals surface area contributed by atoms with E-state index in [-0.39, 0.29) is 31.0 Å². The maximum atomic E-state index is 13.6. The number of nitrogens with one attached hydrogen (secondary N) is 2. The molecule has 0 unspecified atom stereocenters. The number of nitro groups is 1. The number of likely N-dealkylation sites (tertiary alicyclic amines) is 1. The van der Waals surface area contributed by atoms with Gasteiger partial charge in [-0.15, -0.1) is 11.8 Å². The Morgan fingerprint density at radius 1 is 1.26 bits per heavy atom. The van der Waals surface area contributed by atoms with Gasteiger partial charge in [-0.3, -0.25) is 39.6 Å². The summed E-state index contributed by atoms with van der Waals surface area (Å²) < 4.78 is 11.0. The zero-order valence-electron chi connectivity index (χ0n) is 26.3. The number of aldehydes is 1. The van der Waals surface area contributed by atoms with Crippen molar-refractivity contribution in [1.29, 1.82) is 0 Å². The van der Waals surface area contributed by atoms with Crippen LogP contribution in [0.1, 0.15) is 46.6 Å². The number of β-lactam (4-membered cyclic amide) rings is 1. The molecule has 0 aromatic heterocycles. The molecule has 0 bridgehead atoms. The molecule has 2 fully saturated rings. The maximum Gasteiger partial charge on any atom is 0.412 e. The first-order valence-corrected chi connectivity index (χ1v) is 15.4. The van der Waals surface area contributed by atoms with E-state index in [4.69, 9.17) is 15.2 Å². The van der Waals surface area contributed by atoms with E-state index < -0.39 is 75.2 Å². The van der Waals surface area contributed by atoms with Gasteiger partial charge < -0.3 is 25.2 Å². The third kappa shape index (κ3) is 7.08. The Bertz CT molecular complexity index is 1520. The number of non-ortho nitro benzene ring substituents is 1. The molecule has 18 heteroatoms. The zero-order chi connectivity index (χ0) is 35.0. The molecule has 3 aliphatic rings. The van der Waals surface area contributed by atoms with Gasteiger partial charge in [0.1, 0.15) is 17.9 Å². The van der Waals surface area contributed by atoms with Crippen LogP contribution in [-0.4, -0.2) is 91.1 Å². The SMILES string of the molecule is C[C@@H](O)[C@H]1C(=O)N2C(C(=O)OCc3ccc([N+](=O)[O-])cc3)=C(S[C@@H]3CN(C(=O)OC(C)(C)C)[C@](C=O)(NNC(=O)C(N)=O)C3)[C@H](C)[C@H]12. The quantitative estimate of drug-likeness (QED) is 0.0658. The number of ether oxygens (including phenoxy) is 2. The Kier molecular flexibility index (Phi) is 9.98. The highest BCUT2D eigenvalue weighted by atomic mass is 32.2. The first-order valence-electron chi connectivity index (χ1n) is 14.6. The summed E-state index contributed by atoms with van der Waals surface area (Å²) in [7, 11) is 0. The van der Waals surface area contributed by atoms with Gasteiger partial charge in [0.05, 0.1) is 23.0 Å². The minimum absolute atomic E-state index is 0.0567. The van der Waals surface area contributed by atoms with Crippen molar-refractivity contribution in [3.63, 3.8) is 0 Å². The fraction of sp³-hybridized carbons (Fsp3) is 0.517. The number of fused-ring (bicyclic) bond motifs is 1. The van der Waals surface area contributed by atoms with Crippen LogP contribution < -0.4 is 16.6 Å². The van der Waals surface area contributed by atoms with Gasteiger partial charge in [0.25, 0.3) is 5.69 Å². The average molecular weight is 677 g/mol. The lowest BCUT2D eigenvalue weighted by molar-refractivity contribution is -0.384. The minimum atomic E-state index is -1.89. The standard InChI is InChI=1S/C29H36N6O11S/c1-14-20-19(15(2)37)25(40)34(20)21(26(41)45-12-16-6-8-17(9-7-16)35(43)44)22(14)47-18-10-29(13-36,32-31-24(39)23(30)38)33(11-18)27(42)46-28(3,4)5/h6-9,13-15,18-20,32,37H,10-12H2,1-5H3,(H2,30,38)(H,31,39)/t14-,15-,18+,19-,20-,29-/m1/s1. The van der Waals surface area contributed by atoms with Crippen molar-refractivity contribution in [3.8, 4) is 0 Å². The molecule has 0 saturated carbocycles. The Labute approximate surface area is 273 Å². The first-order chi connectivity index (χ1) is 21.9. The van der Waals surface area contributed by atoms with Crippen LogP contribution in [-0.2, 0) is 40.1 Å². The number of hydrazine groups is 1. The number of nitrogens with two attached hydrogens (primary N) is 1. The van der Waals surface area contributed by atoms with Crippen molar-refractivity contribution in [2.45, 2.75) is 76.3 Å². The normalized spacial score (nSPS) is 25.9. The molecule has 47 heavy (non-hydrogen) atoms. The molecule has 1 aromatic rings. The second-order valence-electron chi connectivity index (χ2n) is 12.5. The summed E-state index contributed by atoms with van der Waals surface area (Å²) in [6.07, 6.45) is -1.68. The van der Waals surface area contributed by atoms with Crippen LogP contribution in [0.4, 0.5) is 10.5 Å². The van der Waals surface area contributed by atoms with Gasteiger partial charge in [0.15, 0.2) is 11.9 Å². The van der Waals surface area contributed by atoms with Gasteiger partial charge in [-0.05, 0) is 45.4 Å². The van der Waals surface area contributed by atoms with Crippen LogP contribution in [0.15, 0.2) is 34.9 Å². The van der Waals surface area contributed by atoms with Crippen LogP contribution in [0.2, 0.25) is 0 Å². The molecule has 0 spiro atoms. The number of nitro benzene ring substituents is 1. The first kappa shape index (κ1) is 35.3. The lowest BCUT2D eigenvalue weighted by Crippen LogP contribution is -2.65. The van der Waals surface area contributed by atoms with E-state index in [9.17, 15) is 44.0 Å². The van der Waals surface area contributed by atoms with E-state index in [1.54, 1.807) is 27.7 Å². The van der Waals surface area contributed by atoms with Crippen LogP contribution in [0.25, 0.3) is 0 Å². The highest BCUT2D eigenvalue weighted by molar-refractivity contribution is 8.03. The predicted octanol–water partition coefficient (Wildman–Crippen LogP) is 0.451. The van der Waals surface area contributed by atoms with Crippen molar-refractivity contribution < 1.29 is 48.3 Å². The lowest BCUT2D eigenvalue weighted by Gasteiger charge is -2.46. The Hall–Kier alpha value is -4.55. The number of hydrogen-bond donors (Lipinski definition) is 4. The number of benzene rings is 1. The summed E-state index contributed by atoms with van der Waals surface area (Å²) >= 11 is 1.12. The molecule has 17 nitrogen and oxygen atoms in total. The third-order valence-electron chi connectivity index (χ3n) is 7.94. The number of thioether (sulfide) groups is 1. The van der Waals surface area contributed by atoms with Crippen LogP contribution in [0.5, 0.6) is 0 Å². The number of amides is 4. The molecule has 2 saturated heterocycles. The largest absolute Gasteiger partial charge is 0.456 e. The van der Waals surface area contributed by atoms with E-state index in [2.05, 4.69) is 5.43 Å². The van der Waals surface area contributed by atoms with Gasteiger partial charge in [0, 0.05) is 41.2 Å². The van der Waals surface area contributed by atoms with Crippen LogP contribution >= 0.6 is 11.8 Å². The number of hydrogen-bond acceptors (Lipinski definition) is 13. The van der Waals surface area contributed by atoms with E-state index in [0.29, 0.717) is 16.8 Å². The van der Waals surface area contributed by atoms with Crippen molar-refractivity contribution in [2.75, 3.05) is 6.54 Å². The van der Waals surface area contributed by atoms with Crippen LogP contribution in [0.3, 0.4) is 0 Å². The second-order valence-corrected chi connectivity index (χ2v) is 13.8. The molecular formula is C29H36N6O11S. The third-order valence-corrected chi connectivity index (χ3v) is 9.41. The maximum absolute atomic E-state index is 13.6. The van der Waals surface area contributed by atoms with Crippen molar-refractivity contribution in [3.05, 3.63) is 50.5 Å². The number of carbonyl (C=O) groups is 6. The highest BCUT2D eigenvalue weighted by Gasteiger charge is 2.61. The molecule has 3 heterocycles. The van der Waals surface area contributed by atoms with E-state index in [1.165, 1.54) is 36.1 Å². The molecular weight excluding hydrogens is 640 g/mol. The Morgan fingerprint density at radius 3 is 2.43 bits per heavy atom. The van der Waals surface area contributed by atoms with Crippen LogP contribution in [0, 0.1) is 22.0 Å². The summed E-state index contributed by atoms with van der Waals surface area (Å²) in [6, 6.07) is 4.82. The molecule has 6 atom stereocenters. The number of primary amides is 1. The van der Waals surface area contributed by atoms with Gasteiger partial charge in [-0.1, -0.05) is 6.92 Å². The summed E-state index contributed by atoms with van der Waals surface area (Å²) in [6.45, 7) is 7.73.